The molecule has 9 heteroatoms. The Morgan fingerprint density at radius 1 is 0.500 bits per heavy atom. The van der Waals surface area contributed by atoms with Gasteiger partial charge < -0.3 is 19.8 Å². The highest BCUT2D eigenvalue weighted by atomic mass is 31.2. The summed E-state index contributed by atoms with van der Waals surface area (Å²) in [6.07, 6.45) is 64.5. The smallest absolute Gasteiger partial charge is 0.391 e. The number of allylic oxidation sites excluding steroid dienone is 4. The number of phosphoric acid groups is 1. The second-order valence-electron chi connectivity index (χ2n) is 21.7. The first kappa shape index (κ1) is 67.0. The predicted molar refractivity (Wildman–Crippen MR) is 295 cm³/mol. The molecule has 0 aromatic rings. The number of aliphatic hydroxyl groups excluding tert-OH is 1. The molecule has 0 aliphatic rings. The van der Waals surface area contributed by atoms with Gasteiger partial charge in [-0.15, -0.1) is 0 Å². The van der Waals surface area contributed by atoms with E-state index in [2.05, 4.69) is 43.5 Å². The highest BCUT2D eigenvalue weighted by Crippen LogP contribution is 2.43. The molecule has 0 aromatic heterocycles. The average molecular weight is 983 g/mol. The Morgan fingerprint density at radius 2 is 0.838 bits per heavy atom. The third-order valence-corrected chi connectivity index (χ3v) is 14.7. The number of carbonyl (C=O) groups excluding carboxylic acids is 1. The van der Waals surface area contributed by atoms with E-state index in [0.29, 0.717) is 23.9 Å². The number of amides is 1. The number of quaternary nitrogens is 1. The molecule has 0 heterocycles. The van der Waals surface area contributed by atoms with E-state index in [9.17, 15) is 19.4 Å². The lowest BCUT2D eigenvalue weighted by atomic mass is 10.0. The number of hydrogen-bond donors (Lipinski definition) is 3. The maximum absolute atomic E-state index is 12.9. The van der Waals surface area contributed by atoms with E-state index >= 15 is 0 Å². The summed E-state index contributed by atoms with van der Waals surface area (Å²) in [6, 6.07) is -0.754. The molecule has 8 nitrogen and oxygen atoms in total. The number of nitrogens with zero attached hydrogens (tertiary/aromatic N) is 1. The van der Waals surface area contributed by atoms with Gasteiger partial charge in [0.1, 0.15) is 13.2 Å². The number of nitrogens with one attached hydrogen (secondary N) is 1. The molecule has 0 spiro atoms. The lowest BCUT2D eigenvalue weighted by molar-refractivity contribution is -0.870. The maximum atomic E-state index is 12.9. The standard InChI is InChI=1S/C59H117N2O6P/c1-6-8-10-12-14-15-16-17-18-19-20-21-22-23-24-25-26-27-28-29-30-31-32-33-34-35-36-37-38-39-40-41-42-43-44-45-47-49-51-53-59(63)60-57(58(62)52-50-48-46-13-11-9-7-2)56-67-68(64,65)66-55-54-61(3,4)5/h16-17,19-20,57-58,62H,6-15,18,21-56H2,1-5H3,(H-,60,63,64,65)/p+1/b17-16-,20-19-. The molecule has 0 rings (SSSR count). The van der Waals surface area contributed by atoms with Crippen LogP contribution in [0, 0.1) is 0 Å². The van der Waals surface area contributed by atoms with Crippen LogP contribution >= 0.6 is 7.82 Å². The van der Waals surface area contributed by atoms with Crippen LogP contribution in [0.5, 0.6) is 0 Å². The van der Waals surface area contributed by atoms with Gasteiger partial charge in [0.2, 0.25) is 5.91 Å². The van der Waals surface area contributed by atoms with Crippen molar-refractivity contribution in [1.82, 2.24) is 5.32 Å². The minimum absolute atomic E-state index is 0.0768. The largest absolute Gasteiger partial charge is 0.472 e. The van der Waals surface area contributed by atoms with Crippen LogP contribution in [-0.2, 0) is 18.4 Å². The molecule has 3 unspecified atom stereocenters. The number of likely N-dealkylation sites (N-methyl/N-ethyl adjacent to an activating group) is 1. The van der Waals surface area contributed by atoms with Crippen LogP contribution in [0.15, 0.2) is 24.3 Å². The van der Waals surface area contributed by atoms with Crippen molar-refractivity contribution in [3.05, 3.63) is 24.3 Å². The van der Waals surface area contributed by atoms with Gasteiger partial charge in [0.05, 0.1) is 39.9 Å². The molecule has 0 saturated carbocycles. The SMILES string of the molecule is CCCCCCC/C=C\C/C=C\CCCCCCCCCCCCCCCCCCCCCCCCCCCCCC(=O)NC(COP(=O)(O)OCC[N+](C)(C)C)C(O)CCCCCCCCC. The Labute approximate surface area is 424 Å². The van der Waals surface area contributed by atoms with Gasteiger partial charge in [-0.1, -0.05) is 269 Å². The normalized spacial score (nSPS) is 14.0. The zero-order valence-electron chi connectivity index (χ0n) is 46.1. The van der Waals surface area contributed by atoms with Crippen molar-refractivity contribution in [3.63, 3.8) is 0 Å². The van der Waals surface area contributed by atoms with E-state index in [1.54, 1.807) is 0 Å². The summed E-state index contributed by atoms with van der Waals surface area (Å²) >= 11 is 0. The molecular weight excluding hydrogens is 864 g/mol. The fourth-order valence-electron chi connectivity index (χ4n) is 9.02. The Kier molecular flexibility index (Phi) is 50.1. The zero-order valence-corrected chi connectivity index (χ0v) is 47.0. The second-order valence-corrected chi connectivity index (χ2v) is 23.2. The highest BCUT2D eigenvalue weighted by Gasteiger charge is 2.28. The van der Waals surface area contributed by atoms with Gasteiger partial charge in [0.15, 0.2) is 0 Å². The average Bonchev–Trinajstić information content (AvgIpc) is 3.30. The van der Waals surface area contributed by atoms with Gasteiger partial charge in [-0.25, -0.2) is 4.57 Å². The molecule has 0 fully saturated rings. The molecule has 0 radical (unpaired) electrons. The van der Waals surface area contributed by atoms with Crippen molar-refractivity contribution in [2.75, 3.05) is 40.9 Å². The van der Waals surface area contributed by atoms with Gasteiger partial charge in [0, 0.05) is 6.42 Å². The van der Waals surface area contributed by atoms with Gasteiger partial charge in [-0.2, -0.15) is 0 Å². The van der Waals surface area contributed by atoms with Crippen LogP contribution in [0.4, 0.5) is 0 Å². The minimum Gasteiger partial charge on any atom is -0.391 e. The number of unbranched alkanes of at least 4 members (excludes halogenated alkanes) is 38. The van der Waals surface area contributed by atoms with E-state index in [1.807, 2.05) is 21.1 Å². The molecule has 3 atom stereocenters. The Morgan fingerprint density at radius 3 is 1.21 bits per heavy atom. The predicted octanol–water partition coefficient (Wildman–Crippen LogP) is 18.0. The van der Waals surface area contributed by atoms with Crippen molar-refractivity contribution >= 4 is 13.7 Å². The third-order valence-electron chi connectivity index (χ3n) is 13.7. The van der Waals surface area contributed by atoms with Crippen molar-refractivity contribution in [2.45, 2.75) is 309 Å². The number of carbonyl (C=O) groups is 1. The molecule has 0 aliphatic carbocycles. The number of aliphatic hydroxyl groups is 1. The summed E-state index contributed by atoms with van der Waals surface area (Å²) in [6.45, 7) is 4.85. The zero-order chi connectivity index (χ0) is 49.9. The van der Waals surface area contributed by atoms with Gasteiger partial charge in [-0.05, 0) is 44.9 Å². The van der Waals surface area contributed by atoms with Crippen LogP contribution in [0.25, 0.3) is 0 Å². The van der Waals surface area contributed by atoms with E-state index in [4.69, 9.17) is 9.05 Å². The Hall–Kier alpha value is -1.02. The fourth-order valence-corrected chi connectivity index (χ4v) is 9.76. The number of rotatable bonds is 55. The van der Waals surface area contributed by atoms with Crippen LogP contribution in [-0.4, -0.2) is 73.4 Å². The first-order valence-corrected chi connectivity index (χ1v) is 31.2. The number of hydrogen-bond acceptors (Lipinski definition) is 5. The Bertz CT molecular complexity index is 1160. The monoisotopic (exact) mass is 982 g/mol. The summed E-state index contributed by atoms with van der Waals surface area (Å²) in [7, 11) is 1.63. The van der Waals surface area contributed by atoms with E-state index in [0.717, 1.165) is 44.9 Å². The van der Waals surface area contributed by atoms with Crippen LogP contribution < -0.4 is 5.32 Å². The van der Waals surface area contributed by atoms with E-state index < -0.39 is 20.0 Å². The second kappa shape index (κ2) is 50.9. The van der Waals surface area contributed by atoms with Gasteiger partial charge >= 0.3 is 7.82 Å². The quantitative estimate of drug-likeness (QED) is 0.0243. The van der Waals surface area contributed by atoms with Crippen LogP contribution in [0.2, 0.25) is 0 Å². The topological polar surface area (TPSA) is 105 Å². The summed E-state index contributed by atoms with van der Waals surface area (Å²) in [4.78, 5) is 23.1. The molecule has 0 saturated heterocycles. The van der Waals surface area contributed by atoms with Gasteiger partial charge in [0.25, 0.3) is 0 Å². The molecular formula is C59H118N2O6P+. The number of phosphoric ester groups is 1. The Balaban J connectivity index is 3.70. The molecule has 0 aliphatic heterocycles. The summed E-state index contributed by atoms with van der Waals surface area (Å²) in [5, 5.41) is 13.9. The van der Waals surface area contributed by atoms with Crippen molar-refractivity contribution in [1.29, 1.82) is 0 Å². The maximum Gasteiger partial charge on any atom is 0.472 e. The van der Waals surface area contributed by atoms with Crippen molar-refractivity contribution in [2.24, 2.45) is 0 Å². The summed E-state index contributed by atoms with van der Waals surface area (Å²) in [5.41, 5.74) is 0. The van der Waals surface area contributed by atoms with E-state index in [1.165, 1.54) is 225 Å². The van der Waals surface area contributed by atoms with Gasteiger partial charge in [-0.3, -0.25) is 13.8 Å². The molecule has 0 aromatic carbocycles. The summed E-state index contributed by atoms with van der Waals surface area (Å²) < 4.78 is 23.6. The molecule has 68 heavy (non-hydrogen) atoms. The van der Waals surface area contributed by atoms with E-state index in [-0.39, 0.29) is 19.1 Å². The minimum atomic E-state index is -4.30. The lowest BCUT2D eigenvalue weighted by Crippen LogP contribution is -2.46. The molecule has 1 amide bonds. The van der Waals surface area contributed by atoms with Crippen LogP contribution in [0.3, 0.4) is 0 Å². The molecule has 3 N–H and O–H groups in total. The molecule has 404 valence electrons. The first-order valence-electron chi connectivity index (χ1n) is 29.7. The van der Waals surface area contributed by atoms with Crippen molar-refractivity contribution in [3.8, 4) is 0 Å². The summed E-state index contributed by atoms with van der Waals surface area (Å²) in [5.74, 6) is -0.143. The first-order chi connectivity index (χ1) is 33.0. The third kappa shape index (κ3) is 52.8. The highest BCUT2D eigenvalue weighted by molar-refractivity contribution is 7.47. The van der Waals surface area contributed by atoms with Crippen LogP contribution in [0.1, 0.15) is 296 Å². The lowest BCUT2D eigenvalue weighted by Gasteiger charge is -2.26. The fraction of sp³-hybridized carbons (Fsp3) is 0.915. The van der Waals surface area contributed by atoms with Crippen molar-refractivity contribution < 1.29 is 32.9 Å². The molecule has 0 bridgehead atoms.